The molecule has 1 saturated heterocycles. The first-order valence-electron chi connectivity index (χ1n) is 8.74. The Balaban J connectivity index is 1.91. The van der Waals surface area contributed by atoms with E-state index in [4.69, 9.17) is 44.3 Å². The lowest BCUT2D eigenvalue weighted by Crippen LogP contribution is -2.36. The third-order valence-electron chi connectivity index (χ3n) is 5.70. The first-order valence-corrected chi connectivity index (χ1v) is 10.0. The van der Waals surface area contributed by atoms with Gasteiger partial charge >= 0.3 is 5.97 Å². The molecule has 1 aliphatic carbocycles. The van der Waals surface area contributed by atoms with E-state index in [1.54, 1.807) is 6.08 Å². The summed E-state index contributed by atoms with van der Waals surface area (Å²) in [5.41, 5.74) is -0.958. The van der Waals surface area contributed by atoms with Gasteiger partial charge in [-0.2, -0.15) is 0 Å². The molecule has 2 aromatic carbocycles. The topological polar surface area (TPSA) is 76.0 Å². The molecule has 5 rings (SSSR count). The minimum Gasteiger partial charge on any atom is -0.506 e. The van der Waals surface area contributed by atoms with E-state index in [0.717, 1.165) is 0 Å². The monoisotopic (exact) mass is 450 g/mol. The highest BCUT2D eigenvalue weighted by atomic mass is 35.5. The van der Waals surface area contributed by atoms with Gasteiger partial charge in [-0.05, 0) is 18.6 Å². The third kappa shape index (κ3) is 2.26. The van der Waals surface area contributed by atoms with Crippen molar-refractivity contribution >= 4 is 40.8 Å². The molecule has 0 bridgehead atoms. The highest BCUT2D eigenvalue weighted by molar-refractivity contribution is 6.32. The molecule has 8 heteroatoms. The maximum Gasteiger partial charge on any atom is 0.319 e. The molecule has 5 nitrogen and oxygen atoms in total. The highest BCUT2D eigenvalue weighted by Gasteiger charge is 2.64. The summed E-state index contributed by atoms with van der Waals surface area (Å²) in [4.78, 5) is 13.2. The lowest BCUT2D eigenvalue weighted by molar-refractivity contribution is -0.152. The number of ether oxygens (including phenoxy) is 2. The molecule has 2 N–H and O–H groups in total. The second-order valence-electron chi connectivity index (χ2n) is 7.20. The number of hydrogen-bond acceptors (Lipinski definition) is 5. The molecule has 0 amide bonds. The lowest BCUT2D eigenvalue weighted by Gasteiger charge is -2.39. The molecule has 3 aliphatic rings. The van der Waals surface area contributed by atoms with Gasteiger partial charge in [0.2, 0.25) is 0 Å². The zero-order chi connectivity index (χ0) is 20.6. The maximum atomic E-state index is 13.2. The van der Waals surface area contributed by atoms with E-state index in [1.807, 2.05) is 12.2 Å². The summed E-state index contributed by atoms with van der Waals surface area (Å²) in [6.07, 6.45) is 5.88. The summed E-state index contributed by atoms with van der Waals surface area (Å²) in [5, 5.41) is 20.3. The number of allylic oxidation sites excluding steroid dienone is 3. The predicted molar refractivity (Wildman–Crippen MR) is 108 cm³/mol. The Kier molecular flexibility index (Phi) is 3.92. The zero-order valence-electron chi connectivity index (χ0n) is 14.7. The van der Waals surface area contributed by atoms with Crippen molar-refractivity contribution in [3.05, 3.63) is 69.2 Å². The number of halogens is 3. The minimum atomic E-state index is -1.41. The fraction of sp³-hybridized carbons (Fsp3) is 0.190. The van der Waals surface area contributed by atoms with Crippen LogP contribution in [0.5, 0.6) is 23.0 Å². The third-order valence-corrected chi connectivity index (χ3v) is 6.76. The molecule has 1 unspecified atom stereocenters. The Morgan fingerprint density at radius 3 is 2.14 bits per heavy atom. The SMILES string of the molecule is O=C1OC2(C3=CC=CCC13CCl)c1cc(Cl)c(O)cc1Oc1cc(O)c(Cl)cc12. The quantitative estimate of drug-likeness (QED) is 0.447. The highest BCUT2D eigenvalue weighted by Crippen LogP contribution is 2.64. The van der Waals surface area contributed by atoms with Crippen LogP contribution >= 0.6 is 34.8 Å². The van der Waals surface area contributed by atoms with E-state index in [1.165, 1.54) is 24.3 Å². The van der Waals surface area contributed by atoms with Gasteiger partial charge in [-0.3, -0.25) is 4.79 Å². The van der Waals surface area contributed by atoms with Crippen molar-refractivity contribution < 1.29 is 24.5 Å². The van der Waals surface area contributed by atoms with E-state index in [2.05, 4.69) is 0 Å². The molecular formula is C21H13Cl3O5. The van der Waals surface area contributed by atoms with Gasteiger partial charge in [-0.25, -0.2) is 0 Å². The van der Waals surface area contributed by atoms with Crippen molar-refractivity contribution in [1.29, 1.82) is 0 Å². The number of alkyl halides is 1. The zero-order valence-corrected chi connectivity index (χ0v) is 17.0. The van der Waals surface area contributed by atoms with Crippen LogP contribution in [0.3, 0.4) is 0 Å². The van der Waals surface area contributed by atoms with Gasteiger partial charge in [0.1, 0.15) is 28.4 Å². The summed E-state index contributed by atoms with van der Waals surface area (Å²) in [6.45, 7) is 0. The fourth-order valence-corrected chi connectivity index (χ4v) is 4.98. The first kappa shape index (κ1) is 18.7. The van der Waals surface area contributed by atoms with E-state index in [9.17, 15) is 15.0 Å². The summed E-state index contributed by atoms with van der Waals surface area (Å²) >= 11 is 18.7. The van der Waals surface area contributed by atoms with Gasteiger partial charge in [-0.1, -0.05) is 41.4 Å². The molecule has 0 radical (unpaired) electrons. The average molecular weight is 452 g/mol. The van der Waals surface area contributed by atoms with Gasteiger partial charge in [-0.15, -0.1) is 11.6 Å². The summed E-state index contributed by atoms with van der Waals surface area (Å²) in [6, 6.07) is 5.71. The number of phenols is 2. The molecule has 148 valence electrons. The number of rotatable bonds is 1. The Hall–Kier alpha value is -2.34. The van der Waals surface area contributed by atoms with E-state index < -0.39 is 17.0 Å². The lowest BCUT2D eigenvalue weighted by atomic mass is 9.67. The number of carbonyl (C=O) groups is 1. The summed E-state index contributed by atoms with van der Waals surface area (Å²) < 4.78 is 12.0. The Morgan fingerprint density at radius 1 is 1.00 bits per heavy atom. The Bertz CT molecular complexity index is 1100. The molecular weight excluding hydrogens is 439 g/mol. The predicted octanol–water partition coefficient (Wildman–Crippen LogP) is 5.42. The molecule has 2 heterocycles. The van der Waals surface area contributed by atoms with Crippen LogP contribution in [-0.4, -0.2) is 22.1 Å². The van der Waals surface area contributed by atoms with Crippen LogP contribution in [0, 0.1) is 5.41 Å². The number of aromatic hydroxyl groups is 2. The van der Waals surface area contributed by atoms with Crippen LogP contribution in [0.2, 0.25) is 10.0 Å². The van der Waals surface area contributed by atoms with Crippen molar-refractivity contribution in [1.82, 2.24) is 0 Å². The largest absolute Gasteiger partial charge is 0.506 e. The molecule has 2 aliphatic heterocycles. The molecule has 1 fully saturated rings. The number of esters is 1. The summed E-state index contributed by atoms with van der Waals surface area (Å²) in [5.74, 6) is -0.340. The minimum absolute atomic E-state index is 0.0207. The van der Waals surface area contributed by atoms with E-state index >= 15 is 0 Å². The summed E-state index contributed by atoms with van der Waals surface area (Å²) in [7, 11) is 0. The van der Waals surface area contributed by atoms with E-state index in [-0.39, 0.29) is 38.9 Å². The smallest absolute Gasteiger partial charge is 0.319 e. The van der Waals surface area contributed by atoms with Crippen LogP contribution in [-0.2, 0) is 15.1 Å². The van der Waals surface area contributed by atoms with Gasteiger partial charge in [0.15, 0.2) is 5.60 Å². The Labute approximate surface area is 180 Å². The first-order chi connectivity index (χ1) is 13.8. The maximum absolute atomic E-state index is 13.2. The normalized spacial score (nSPS) is 23.0. The second-order valence-corrected chi connectivity index (χ2v) is 8.28. The fourth-order valence-electron chi connectivity index (χ4n) is 4.29. The van der Waals surface area contributed by atoms with Crippen molar-refractivity contribution in [3.63, 3.8) is 0 Å². The molecule has 0 saturated carbocycles. The number of carbonyl (C=O) groups excluding carboxylic acids is 1. The van der Waals surface area contributed by atoms with Crippen molar-refractivity contribution in [2.75, 3.05) is 5.88 Å². The van der Waals surface area contributed by atoms with E-state index in [0.29, 0.717) is 23.1 Å². The number of benzene rings is 2. The molecule has 29 heavy (non-hydrogen) atoms. The van der Waals surface area contributed by atoms with Gasteiger partial charge in [0, 0.05) is 34.7 Å². The van der Waals surface area contributed by atoms with Crippen LogP contribution in [0.4, 0.5) is 0 Å². The van der Waals surface area contributed by atoms with Crippen molar-refractivity contribution in [2.24, 2.45) is 5.41 Å². The standard InChI is InChI=1S/C21H13Cl3O5/c22-9-20-4-2-1-3-18(20)21(29-19(20)27)10-5-12(23)14(25)7-16(10)28-17-8-15(26)13(24)6-11(17)21/h1-3,5-8,25-26H,4,9H2. The van der Waals surface area contributed by atoms with Gasteiger partial charge < -0.3 is 19.7 Å². The average Bonchev–Trinajstić information content (AvgIpc) is 2.96. The molecule has 0 aromatic heterocycles. The van der Waals surface area contributed by atoms with Crippen molar-refractivity contribution in [2.45, 2.75) is 12.0 Å². The van der Waals surface area contributed by atoms with Crippen molar-refractivity contribution in [3.8, 4) is 23.0 Å². The number of hydrogen-bond donors (Lipinski definition) is 2. The van der Waals surface area contributed by atoms with Crippen LogP contribution in [0.15, 0.2) is 48.1 Å². The molecule has 1 spiro atoms. The van der Waals surface area contributed by atoms with Crippen LogP contribution < -0.4 is 4.74 Å². The second kappa shape index (κ2) is 6.08. The van der Waals surface area contributed by atoms with Crippen LogP contribution in [0.1, 0.15) is 17.5 Å². The van der Waals surface area contributed by atoms with Gasteiger partial charge in [0.05, 0.1) is 10.0 Å². The van der Waals surface area contributed by atoms with Gasteiger partial charge in [0.25, 0.3) is 0 Å². The number of phenolic OH excluding ortho intramolecular Hbond substituents is 2. The molecule has 1 atom stereocenters. The molecule has 2 aromatic rings. The number of fused-ring (bicyclic) bond motifs is 6. The van der Waals surface area contributed by atoms with Crippen LogP contribution in [0.25, 0.3) is 0 Å². The Morgan fingerprint density at radius 2 is 1.59 bits per heavy atom.